The molecule has 1 aliphatic heterocycles. The Bertz CT molecular complexity index is 749. The molecule has 2 aromatic carbocycles. The van der Waals surface area contributed by atoms with Gasteiger partial charge in [-0.1, -0.05) is 33.6 Å². The fourth-order valence-corrected chi connectivity index (χ4v) is 3.02. The van der Waals surface area contributed by atoms with E-state index in [0.717, 1.165) is 10.2 Å². The highest BCUT2D eigenvalue weighted by Crippen LogP contribution is 2.27. The highest BCUT2D eigenvalue weighted by Gasteiger charge is 2.35. The summed E-state index contributed by atoms with van der Waals surface area (Å²) in [6, 6.07) is 14.4. The molecule has 1 aliphatic rings. The van der Waals surface area contributed by atoms with E-state index in [-0.39, 0.29) is 24.2 Å². The number of nitrogens with one attached hydrogen (secondary N) is 1. The van der Waals surface area contributed by atoms with Crippen molar-refractivity contribution in [2.24, 2.45) is 5.92 Å². The van der Waals surface area contributed by atoms with Crippen molar-refractivity contribution in [2.45, 2.75) is 6.42 Å². The van der Waals surface area contributed by atoms with Crippen LogP contribution in [0.15, 0.2) is 53.0 Å². The van der Waals surface area contributed by atoms with Crippen molar-refractivity contribution in [3.8, 4) is 0 Å². The molecule has 2 aromatic rings. The molecule has 0 bridgehead atoms. The maximum Gasteiger partial charge on any atom is 0.229 e. The second-order valence-corrected chi connectivity index (χ2v) is 6.73. The number of nitrogens with zero attached hydrogens (tertiary/aromatic N) is 1. The van der Waals surface area contributed by atoms with Crippen LogP contribution in [0.2, 0.25) is 5.02 Å². The number of benzene rings is 2. The Morgan fingerprint density at radius 2 is 1.96 bits per heavy atom. The largest absolute Gasteiger partial charge is 0.326 e. The lowest BCUT2D eigenvalue weighted by molar-refractivity contribution is -0.122. The van der Waals surface area contributed by atoms with Gasteiger partial charge in [0, 0.05) is 33.8 Å². The fourth-order valence-electron chi connectivity index (χ4n) is 2.56. The van der Waals surface area contributed by atoms with Gasteiger partial charge in [0.2, 0.25) is 11.8 Å². The second kappa shape index (κ2) is 6.72. The van der Waals surface area contributed by atoms with Gasteiger partial charge in [-0.15, -0.1) is 0 Å². The number of rotatable bonds is 3. The zero-order valence-electron chi connectivity index (χ0n) is 12.1. The van der Waals surface area contributed by atoms with Crippen LogP contribution in [0.25, 0.3) is 0 Å². The Morgan fingerprint density at radius 3 is 2.65 bits per heavy atom. The van der Waals surface area contributed by atoms with E-state index >= 15 is 0 Å². The van der Waals surface area contributed by atoms with Crippen LogP contribution in [-0.4, -0.2) is 18.4 Å². The summed E-state index contributed by atoms with van der Waals surface area (Å²) in [5, 5.41) is 3.37. The number of halogens is 2. The number of hydrogen-bond donors (Lipinski definition) is 1. The zero-order valence-corrected chi connectivity index (χ0v) is 14.5. The molecule has 0 spiro atoms. The summed E-state index contributed by atoms with van der Waals surface area (Å²) < 4.78 is 0.947. The quantitative estimate of drug-likeness (QED) is 0.854. The predicted octanol–water partition coefficient (Wildman–Crippen LogP) is 4.09. The second-order valence-electron chi connectivity index (χ2n) is 5.38. The van der Waals surface area contributed by atoms with Crippen LogP contribution in [0.1, 0.15) is 6.42 Å². The number of carbonyl (C=O) groups excluding carboxylic acids is 2. The molecule has 1 N–H and O–H groups in total. The van der Waals surface area contributed by atoms with Crippen LogP contribution in [-0.2, 0) is 9.59 Å². The average molecular weight is 394 g/mol. The highest BCUT2D eigenvalue weighted by molar-refractivity contribution is 9.10. The maximum atomic E-state index is 12.4. The van der Waals surface area contributed by atoms with E-state index in [4.69, 9.17) is 11.6 Å². The summed E-state index contributed by atoms with van der Waals surface area (Å²) >= 11 is 9.28. The van der Waals surface area contributed by atoms with Crippen molar-refractivity contribution >= 4 is 50.7 Å². The van der Waals surface area contributed by atoms with E-state index in [1.165, 1.54) is 0 Å². The molecule has 0 aliphatic carbocycles. The molecule has 1 atom stereocenters. The van der Waals surface area contributed by atoms with Crippen LogP contribution in [0.5, 0.6) is 0 Å². The predicted molar refractivity (Wildman–Crippen MR) is 94.7 cm³/mol. The van der Waals surface area contributed by atoms with Gasteiger partial charge in [-0.25, -0.2) is 0 Å². The minimum Gasteiger partial charge on any atom is -0.326 e. The lowest BCUT2D eigenvalue weighted by Gasteiger charge is -2.16. The Kier molecular flexibility index (Phi) is 4.68. The first-order valence-electron chi connectivity index (χ1n) is 7.15. The van der Waals surface area contributed by atoms with E-state index in [1.807, 2.05) is 24.3 Å². The highest BCUT2D eigenvalue weighted by atomic mass is 79.9. The lowest BCUT2D eigenvalue weighted by Crippen LogP contribution is -2.28. The van der Waals surface area contributed by atoms with Crippen LogP contribution in [0, 0.1) is 5.92 Å². The van der Waals surface area contributed by atoms with Gasteiger partial charge in [-0.3, -0.25) is 9.59 Å². The zero-order chi connectivity index (χ0) is 16.4. The Balaban J connectivity index is 1.69. The van der Waals surface area contributed by atoms with E-state index in [0.29, 0.717) is 17.3 Å². The van der Waals surface area contributed by atoms with Gasteiger partial charge in [0.25, 0.3) is 0 Å². The monoisotopic (exact) mass is 392 g/mol. The molecular weight excluding hydrogens is 380 g/mol. The Labute approximate surface area is 147 Å². The maximum absolute atomic E-state index is 12.4. The summed E-state index contributed by atoms with van der Waals surface area (Å²) in [4.78, 5) is 26.2. The molecule has 118 valence electrons. The number of anilines is 2. The third kappa shape index (κ3) is 3.74. The van der Waals surface area contributed by atoms with Crippen LogP contribution < -0.4 is 10.2 Å². The SMILES string of the molecule is O=C(Nc1cccc(Cl)c1)C1CC(=O)N(c2ccc(Br)cc2)C1. The summed E-state index contributed by atoms with van der Waals surface area (Å²) in [5.41, 5.74) is 1.44. The third-order valence-electron chi connectivity index (χ3n) is 3.73. The molecule has 2 amide bonds. The number of hydrogen-bond acceptors (Lipinski definition) is 2. The first-order valence-corrected chi connectivity index (χ1v) is 8.32. The van der Waals surface area contributed by atoms with Crippen molar-refractivity contribution in [2.75, 3.05) is 16.8 Å². The fraction of sp³-hybridized carbons (Fsp3) is 0.176. The molecule has 3 rings (SSSR count). The molecule has 1 fully saturated rings. The molecule has 6 heteroatoms. The van der Waals surface area contributed by atoms with Gasteiger partial charge in [0.15, 0.2) is 0 Å². The van der Waals surface area contributed by atoms with Gasteiger partial charge in [0.05, 0.1) is 5.92 Å². The van der Waals surface area contributed by atoms with Crippen LogP contribution in [0.4, 0.5) is 11.4 Å². The van der Waals surface area contributed by atoms with Gasteiger partial charge in [0.1, 0.15) is 0 Å². The number of amides is 2. The standard InChI is InChI=1S/C17H14BrClN2O2/c18-12-4-6-15(7-5-12)21-10-11(8-16(21)22)17(23)20-14-3-1-2-13(19)9-14/h1-7,9,11H,8,10H2,(H,20,23). The first-order chi connectivity index (χ1) is 11.0. The molecule has 1 saturated heterocycles. The van der Waals surface area contributed by atoms with E-state index in [2.05, 4.69) is 21.2 Å². The summed E-state index contributed by atoms with van der Waals surface area (Å²) in [6.45, 7) is 0.382. The number of carbonyl (C=O) groups is 2. The molecule has 0 saturated carbocycles. The Hall–Kier alpha value is -1.85. The van der Waals surface area contributed by atoms with Crippen molar-refractivity contribution in [3.63, 3.8) is 0 Å². The molecule has 1 unspecified atom stereocenters. The minimum atomic E-state index is -0.370. The molecule has 1 heterocycles. The minimum absolute atomic E-state index is 0.0430. The van der Waals surface area contributed by atoms with Crippen molar-refractivity contribution in [3.05, 3.63) is 58.0 Å². The van der Waals surface area contributed by atoms with E-state index in [1.54, 1.807) is 29.2 Å². The summed E-state index contributed by atoms with van der Waals surface area (Å²) in [6.07, 6.45) is 0.211. The topological polar surface area (TPSA) is 49.4 Å². The summed E-state index contributed by atoms with van der Waals surface area (Å²) in [5.74, 6) is -0.580. The normalized spacial score (nSPS) is 17.4. The van der Waals surface area contributed by atoms with Crippen molar-refractivity contribution < 1.29 is 9.59 Å². The van der Waals surface area contributed by atoms with Gasteiger partial charge in [-0.05, 0) is 42.5 Å². The first kappa shape index (κ1) is 16.0. The molecule has 23 heavy (non-hydrogen) atoms. The van der Waals surface area contributed by atoms with E-state index < -0.39 is 0 Å². The molecule has 4 nitrogen and oxygen atoms in total. The molecule has 0 aromatic heterocycles. The van der Waals surface area contributed by atoms with E-state index in [9.17, 15) is 9.59 Å². The van der Waals surface area contributed by atoms with Gasteiger partial charge < -0.3 is 10.2 Å². The van der Waals surface area contributed by atoms with Crippen molar-refractivity contribution in [1.82, 2.24) is 0 Å². The van der Waals surface area contributed by atoms with Gasteiger partial charge in [-0.2, -0.15) is 0 Å². The Morgan fingerprint density at radius 1 is 1.22 bits per heavy atom. The molecular formula is C17H14BrClN2O2. The van der Waals surface area contributed by atoms with Crippen molar-refractivity contribution in [1.29, 1.82) is 0 Å². The smallest absolute Gasteiger partial charge is 0.229 e. The summed E-state index contributed by atoms with van der Waals surface area (Å²) in [7, 11) is 0. The van der Waals surface area contributed by atoms with Gasteiger partial charge >= 0.3 is 0 Å². The van der Waals surface area contributed by atoms with Crippen LogP contribution in [0.3, 0.4) is 0 Å². The lowest BCUT2D eigenvalue weighted by atomic mass is 10.1. The van der Waals surface area contributed by atoms with Crippen LogP contribution >= 0.6 is 27.5 Å². The average Bonchev–Trinajstić information content (AvgIpc) is 2.90. The molecule has 0 radical (unpaired) electrons. The third-order valence-corrected chi connectivity index (χ3v) is 4.49.